The van der Waals surface area contributed by atoms with E-state index in [0.717, 1.165) is 29.9 Å². The van der Waals surface area contributed by atoms with Crippen LogP contribution in [0.1, 0.15) is 62.5 Å². The Labute approximate surface area is 189 Å². The Balaban J connectivity index is 1.34. The van der Waals surface area contributed by atoms with E-state index in [1.807, 2.05) is 6.08 Å². The lowest BCUT2D eigenvalue weighted by Crippen LogP contribution is -2.26. The van der Waals surface area contributed by atoms with Crippen LogP contribution in [0.4, 0.5) is 0 Å². The summed E-state index contributed by atoms with van der Waals surface area (Å²) in [5.74, 6) is 3.73. The molecular formula is C30H38O. The van der Waals surface area contributed by atoms with Gasteiger partial charge in [-0.15, -0.1) is 13.2 Å². The van der Waals surface area contributed by atoms with E-state index >= 15 is 0 Å². The molecule has 31 heavy (non-hydrogen) atoms. The first kappa shape index (κ1) is 21.9. The Morgan fingerprint density at radius 3 is 2.26 bits per heavy atom. The summed E-state index contributed by atoms with van der Waals surface area (Å²) >= 11 is 0. The number of rotatable bonds is 9. The molecule has 0 radical (unpaired) electrons. The first-order chi connectivity index (χ1) is 15.3. The molecule has 0 amide bonds. The van der Waals surface area contributed by atoms with Crippen LogP contribution in [0.5, 0.6) is 5.75 Å². The van der Waals surface area contributed by atoms with Gasteiger partial charge in [-0.1, -0.05) is 55.3 Å². The normalized spacial score (nSPS) is 23.0. The highest BCUT2D eigenvalue weighted by Crippen LogP contribution is 2.41. The van der Waals surface area contributed by atoms with Crippen LogP contribution < -0.4 is 4.74 Å². The molecule has 2 aliphatic carbocycles. The Morgan fingerprint density at radius 2 is 1.52 bits per heavy atom. The molecule has 0 bridgehead atoms. The van der Waals surface area contributed by atoms with Gasteiger partial charge in [-0.2, -0.15) is 0 Å². The third kappa shape index (κ3) is 5.70. The lowest BCUT2D eigenvalue weighted by Gasteiger charge is -2.36. The van der Waals surface area contributed by atoms with E-state index in [-0.39, 0.29) is 0 Å². The summed E-state index contributed by atoms with van der Waals surface area (Å²) in [5, 5.41) is 0. The van der Waals surface area contributed by atoms with Gasteiger partial charge in [0.05, 0.1) is 6.61 Å². The number of benzene rings is 2. The van der Waals surface area contributed by atoms with Crippen molar-refractivity contribution in [3.05, 3.63) is 78.9 Å². The Bertz CT molecular complexity index is 854. The minimum atomic E-state index is 0.694. The van der Waals surface area contributed by atoms with Gasteiger partial charge in [0, 0.05) is 0 Å². The molecule has 0 heterocycles. The molecule has 0 spiro atoms. The quantitative estimate of drug-likeness (QED) is 0.297. The Morgan fingerprint density at radius 1 is 0.774 bits per heavy atom. The average Bonchev–Trinajstić information content (AvgIpc) is 2.83. The average molecular weight is 415 g/mol. The molecule has 1 unspecified atom stereocenters. The van der Waals surface area contributed by atoms with E-state index in [4.69, 9.17) is 4.74 Å². The zero-order valence-electron chi connectivity index (χ0n) is 19.0. The van der Waals surface area contributed by atoms with Crippen LogP contribution in [0.15, 0.2) is 67.8 Å². The van der Waals surface area contributed by atoms with Gasteiger partial charge in [-0.3, -0.25) is 0 Å². The van der Waals surface area contributed by atoms with Gasteiger partial charge in [0.15, 0.2) is 0 Å². The highest BCUT2D eigenvalue weighted by atomic mass is 16.5. The molecule has 1 saturated carbocycles. The van der Waals surface area contributed by atoms with Crippen molar-refractivity contribution in [2.75, 3.05) is 6.61 Å². The third-order valence-electron chi connectivity index (χ3n) is 7.59. The fraction of sp³-hybridized carbons (Fsp3) is 0.467. The number of aryl methyl sites for hydroxylation is 1. The molecule has 0 aliphatic heterocycles. The molecule has 1 nitrogen and oxygen atoms in total. The number of hydrogen-bond acceptors (Lipinski definition) is 1. The van der Waals surface area contributed by atoms with E-state index in [0.29, 0.717) is 6.61 Å². The van der Waals surface area contributed by atoms with Crippen molar-refractivity contribution in [3.8, 4) is 16.9 Å². The number of hydrogen-bond donors (Lipinski definition) is 0. The number of fused-ring (bicyclic) bond motifs is 1. The summed E-state index contributed by atoms with van der Waals surface area (Å²) in [5.41, 5.74) is 5.77. The van der Waals surface area contributed by atoms with Crippen molar-refractivity contribution in [2.24, 2.45) is 17.8 Å². The van der Waals surface area contributed by atoms with Crippen LogP contribution in [0.2, 0.25) is 0 Å². The van der Waals surface area contributed by atoms with E-state index in [9.17, 15) is 0 Å². The molecule has 0 N–H and O–H groups in total. The standard InChI is InChI=1S/C30H38O/c1-3-5-7-23-8-10-24(11-9-23)26-12-14-29-22-27(13-15-28(29)21-26)25-16-18-30(19-17-25)31-20-6-4-2/h3-4,13,15-19,22-24,26H,1-2,5-12,14,20-21H2. The summed E-state index contributed by atoms with van der Waals surface area (Å²) in [6, 6.07) is 15.7. The van der Waals surface area contributed by atoms with E-state index < -0.39 is 0 Å². The molecule has 2 aromatic carbocycles. The van der Waals surface area contributed by atoms with Gasteiger partial charge >= 0.3 is 0 Å². The highest BCUT2D eigenvalue weighted by molar-refractivity contribution is 5.66. The minimum absolute atomic E-state index is 0.694. The smallest absolute Gasteiger partial charge is 0.119 e. The lowest BCUT2D eigenvalue weighted by atomic mass is 9.69. The molecule has 1 fully saturated rings. The maximum Gasteiger partial charge on any atom is 0.119 e. The maximum atomic E-state index is 5.75. The van der Waals surface area contributed by atoms with Crippen LogP contribution in [0, 0.1) is 17.8 Å². The van der Waals surface area contributed by atoms with Crippen molar-refractivity contribution in [1.29, 1.82) is 0 Å². The molecule has 2 aliphatic rings. The van der Waals surface area contributed by atoms with Gasteiger partial charge in [-0.05, 0) is 104 Å². The summed E-state index contributed by atoms with van der Waals surface area (Å²) in [6.07, 6.45) is 17.1. The van der Waals surface area contributed by atoms with Crippen molar-refractivity contribution in [3.63, 3.8) is 0 Å². The molecule has 2 aromatic rings. The van der Waals surface area contributed by atoms with Crippen molar-refractivity contribution < 1.29 is 4.74 Å². The molecule has 0 aromatic heterocycles. The maximum absolute atomic E-state index is 5.75. The summed E-state index contributed by atoms with van der Waals surface area (Å²) in [4.78, 5) is 0. The molecule has 4 rings (SSSR count). The predicted molar refractivity (Wildman–Crippen MR) is 133 cm³/mol. The number of allylic oxidation sites excluding steroid dienone is 1. The first-order valence-electron chi connectivity index (χ1n) is 12.3. The second-order valence-corrected chi connectivity index (χ2v) is 9.58. The van der Waals surface area contributed by atoms with Crippen LogP contribution in [-0.4, -0.2) is 6.61 Å². The molecule has 164 valence electrons. The Hall–Kier alpha value is -2.28. The van der Waals surface area contributed by atoms with Crippen molar-refractivity contribution in [2.45, 2.75) is 64.2 Å². The van der Waals surface area contributed by atoms with E-state index in [1.54, 1.807) is 11.1 Å². The Kier molecular flexibility index (Phi) is 7.67. The van der Waals surface area contributed by atoms with E-state index in [1.165, 1.54) is 68.9 Å². The summed E-state index contributed by atoms with van der Waals surface area (Å²) in [7, 11) is 0. The monoisotopic (exact) mass is 414 g/mol. The van der Waals surface area contributed by atoms with Gasteiger partial charge < -0.3 is 4.74 Å². The van der Waals surface area contributed by atoms with Crippen LogP contribution >= 0.6 is 0 Å². The zero-order valence-corrected chi connectivity index (χ0v) is 19.0. The third-order valence-corrected chi connectivity index (χ3v) is 7.59. The molecule has 1 atom stereocenters. The van der Waals surface area contributed by atoms with Crippen LogP contribution in [0.25, 0.3) is 11.1 Å². The largest absolute Gasteiger partial charge is 0.493 e. The first-order valence-corrected chi connectivity index (χ1v) is 12.3. The van der Waals surface area contributed by atoms with Gasteiger partial charge in [0.2, 0.25) is 0 Å². The summed E-state index contributed by atoms with van der Waals surface area (Å²) in [6.45, 7) is 8.32. The highest BCUT2D eigenvalue weighted by Gasteiger charge is 2.30. The van der Waals surface area contributed by atoms with Crippen molar-refractivity contribution >= 4 is 0 Å². The van der Waals surface area contributed by atoms with Gasteiger partial charge in [0.25, 0.3) is 0 Å². The van der Waals surface area contributed by atoms with Gasteiger partial charge in [-0.25, -0.2) is 0 Å². The SMILES string of the molecule is C=CCCOc1ccc(-c2ccc3c(c2)CCC(C2CCC(CCC=C)CC2)C3)cc1. The van der Waals surface area contributed by atoms with Gasteiger partial charge in [0.1, 0.15) is 5.75 Å². The fourth-order valence-corrected chi connectivity index (χ4v) is 5.67. The van der Waals surface area contributed by atoms with Crippen LogP contribution in [-0.2, 0) is 12.8 Å². The lowest BCUT2D eigenvalue weighted by molar-refractivity contribution is 0.185. The summed E-state index contributed by atoms with van der Waals surface area (Å²) < 4.78 is 5.75. The minimum Gasteiger partial charge on any atom is -0.493 e. The molecule has 0 saturated heterocycles. The second kappa shape index (κ2) is 10.8. The molecule has 1 heteroatoms. The second-order valence-electron chi connectivity index (χ2n) is 9.58. The molecular weight excluding hydrogens is 376 g/mol. The topological polar surface area (TPSA) is 9.23 Å². The van der Waals surface area contributed by atoms with Crippen LogP contribution in [0.3, 0.4) is 0 Å². The number of ether oxygens (including phenoxy) is 1. The van der Waals surface area contributed by atoms with Crippen molar-refractivity contribution in [1.82, 2.24) is 0 Å². The predicted octanol–water partition coefficient (Wildman–Crippen LogP) is 8.19. The fourth-order valence-electron chi connectivity index (χ4n) is 5.67. The van der Waals surface area contributed by atoms with E-state index in [2.05, 4.69) is 61.7 Å². The zero-order chi connectivity index (χ0) is 21.5.